The molecular weight excluding hydrogens is 272 g/mol. The fourth-order valence-electron chi connectivity index (χ4n) is 2.88. The fourth-order valence-corrected chi connectivity index (χ4v) is 2.88. The summed E-state index contributed by atoms with van der Waals surface area (Å²) in [5.74, 6) is 1.16. The van der Waals surface area contributed by atoms with Gasteiger partial charge in [-0.1, -0.05) is 38.1 Å². The lowest BCUT2D eigenvalue weighted by atomic mass is 9.96. The zero-order chi connectivity index (χ0) is 15.9. The van der Waals surface area contributed by atoms with Crippen LogP contribution in [0.15, 0.2) is 24.3 Å². The Hall–Kier alpha value is -1.35. The molecule has 1 N–H and O–H groups in total. The highest BCUT2D eigenvalue weighted by molar-refractivity contribution is 5.78. The summed E-state index contributed by atoms with van der Waals surface area (Å²) in [5, 5.41) is 3.10. The van der Waals surface area contributed by atoms with Crippen LogP contribution in [-0.2, 0) is 17.8 Å². The predicted molar refractivity (Wildman–Crippen MR) is 91.7 cm³/mol. The quantitative estimate of drug-likeness (QED) is 0.875. The minimum atomic E-state index is 0.196. The van der Waals surface area contributed by atoms with E-state index >= 15 is 0 Å². The molecule has 0 radical (unpaired) electrons. The first-order valence-electron chi connectivity index (χ1n) is 8.58. The van der Waals surface area contributed by atoms with Crippen LogP contribution in [-0.4, -0.2) is 30.9 Å². The van der Waals surface area contributed by atoms with E-state index in [-0.39, 0.29) is 11.8 Å². The molecule has 3 nitrogen and oxygen atoms in total. The molecule has 1 aliphatic rings. The summed E-state index contributed by atoms with van der Waals surface area (Å²) in [6.45, 7) is 7.22. The molecule has 0 spiro atoms. The van der Waals surface area contributed by atoms with E-state index in [1.54, 1.807) is 0 Å². The highest BCUT2D eigenvalue weighted by Gasteiger charge is 2.22. The molecule has 0 aliphatic carbocycles. The number of hydrogen-bond acceptors (Lipinski definition) is 2. The first-order valence-corrected chi connectivity index (χ1v) is 8.58. The first kappa shape index (κ1) is 17.0. The van der Waals surface area contributed by atoms with Crippen LogP contribution in [0.5, 0.6) is 0 Å². The van der Waals surface area contributed by atoms with Crippen LogP contribution < -0.4 is 5.32 Å². The third-order valence-electron chi connectivity index (χ3n) is 4.59. The Balaban J connectivity index is 1.75. The maximum absolute atomic E-state index is 12.2. The van der Waals surface area contributed by atoms with E-state index in [1.165, 1.54) is 17.5 Å². The molecule has 1 aromatic carbocycles. The number of likely N-dealkylation sites (tertiary alicyclic amines) is 1. The van der Waals surface area contributed by atoms with Gasteiger partial charge in [-0.25, -0.2) is 0 Å². The molecule has 122 valence electrons. The molecule has 1 amide bonds. The summed E-state index contributed by atoms with van der Waals surface area (Å²) in [5.41, 5.74) is 2.58. The van der Waals surface area contributed by atoms with Gasteiger partial charge in [-0.15, -0.1) is 0 Å². The number of nitrogens with one attached hydrogen (secondary N) is 1. The van der Waals surface area contributed by atoms with Crippen LogP contribution in [0.3, 0.4) is 0 Å². The highest BCUT2D eigenvalue weighted by Crippen LogP contribution is 2.16. The zero-order valence-electron chi connectivity index (χ0n) is 14.3. The monoisotopic (exact) mass is 302 g/mol. The molecule has 0 saturated carbocycles. The standard InChI is InChI=1S/C19H30N2O/c1-15(2)4-5-16-6-8-17(9-7-16)14-20-19(22)18-10-12-21(3)13-11-18/h6-9,15,18H,4-5,10-14H2,1-3H3,(H,20,22). The highest BCUT2D eigenvalue weighted by atomic mass is 16.1. The Labute approximate surface area is 135 Å². The second kappa shape index (κ2) is 8.33. The zero-order valence-corrected chi connectivity index (χ0v) is 14.3. The van der Waals surface area contributed by atoms with Gasteiger partial charge in [-0.2, -0.15) is 0 Å². The van der Waals surface area contributed by atoms with Gasteiger partial charge in [0.05, 0.1) is 0 Å². The van der Waals surface area contributed by atoms with Crippen molar-refractivity contribution in [1.29, 1.82) is 0 Å². The lowest BCUT2D eigenvalue weighted by Gasteiger charge is -2.28. The molecule has 1 fully saturated rings. The van der Waals surface area contributed by atoms with Gasteiger partial charge in [0.1, 0.15) is 0 Å². The fraction of sp³-hybridized carbons (Fsp3) is 0.632. The van der Waals surface area contributed by atoms with Crippen molar-refractivity contribution in [2.24, 2.45) is 11.8 Å². The number of carbonyl (C=O) groups excluding carboxylic acids is 1. The van der Waals surface area contributed by atoms with Gasteiger partial charge in [0.15, 0.2) is 0 Å². The predicted octanol–water partition coefficient (Wildman–Crippen LogP) is 3.23. The summed E-state index contributed by atoms with van der Waals surface area (Å²) >= 11 is 0. The number of carbonyl (C=O) groups is 1. The molecule has 1 saturated heterocycles. The van der Waals surface area contributed by atoms with Crippen molar-refractivity contribution in [3.8, 4) is 0 Å². The van der Waals surface area contributed by atoms with Gasteiger partial charge in [-0.3, -0.25) is 4.79 Å². The third kappa shape index (κ3) is 5.45. The summed E-state index contributed by atoms with van der Waals surface area (Å²) in [6.07, 6.45) is 4.33. The Kier molecular flexibility index (Phi) is 6.44. The molecule has 2 rings (SSSR count). The van der Waals surface area contributed by atoms with Gasteiger partial charge >= 0.3 is 0 Å². The molecule has 22 heavy (non-hydrogen) atoms. The van der Waals surface area contributed by atoms with E-state index in [2.05, 4.69) is 55.4 Å². The van der Waals surface area contributed by atoms with Gasteiger partial charge in [-0.05, 0) is 62.9 Å². The van der Waals surface area contributed by atoms with Crippen LogP contribution in [0, 0.1) is 11.8 Å². The van der Waals surface area contributed by atoms with Crippen molar-refractivity contribution in [2.45, 2.75) is 46.1 Å². The minimum Gasteiger partial charge on any atom is -0.352 e. The van der Waals surface area contributed by atoms with Crippen LogP contribution in [0.4, 0.5) is 0 Å². The number of nitrogens with zero attached hydrogens (tertiary/aromatic N) is 1. The topological polar surface area (TPSA) is 32.3 Å². The summed E-state index contributed by atoms with van der Waals surface area (Å²) in [7, 11) is 2.12. The summed E-state index contributed by atoms with van der Waals surface area (Å²) in [6, 6.07) is 8.67. The first-order chi connectivity index (χ1) is 10.5. The number of aryl methyl sites for hydroxylation is 1. The number of piperidine rings is 1. The Bertz CT molecular complexity index is 459. The molecule has 3 heteroatoms. The van der Waals surface area contributed by atoms with E-state index in [1.807, 2.05) is 0 Å². The molecule has 0 aromatic heterocycles. The van der Waals surface area contributed by atoms with Crippen molar-refractivity contribution in [3.05, 3.63) is 35.4 Å². The van der Waals surface area contributed by atoms with Crippen LogP contribution in [0.25, 0.3) is 0 Å². The average molecular weight is 302 g/mol. The maximum Gasteiger partial charge on any atom is 0.223 e. The maximum atomic E-state index is 12.2. The number of benzene rings is 1. The molecule has 1 heterocycles. The second-order valence-electron chi connectivity index (χ2n) is 7.04. The average Bonchev–Trinajstić information content (AvgIpc) is 2.52. The van der Waals surface area contributed by atoms with Crippen LogP contribution in [0.1, 0.15) is 44.2 Å². The van der Waals surface area contributed by atoms with Gasteiger partial charge in [0.25, 0.3) is 0 Å². The van der Waals surface area contributed by atoms with E-state index in [9.17, 15) is 4.79 Å². The Morgan fingerprint density at radius 3 is 2.36 bits per heavy atom. The number of amides is 1. The number of rotatable bonds is 6. The Morgan fingerprint density at radius 2 is 1.77 bits per heavy atom. The normalized spacial score (nSPS) is 16.9. The lowest BCUT2D eigenvalue weighted by molar-refractivity contribution is -0.126. The van der Waals surface area contributed by atoms with Crippen LogP contribution in [0.2, 0.25) is 0 Å². The van der Waals surface area contributed by atoms with Crippen molar-refractivity contribution >= 4 is 5.91 Å². The molecule has 0 atom stereocenters. The summed E-state index contributed by atoms with van der Waals surface area (Å²) < 4.78 is 0. The van der Waals surface area contributed by atoms with Crippen LogP contribution >= 0.6 is 0 Å². The number of hydrogen-bond donors (Lipinski definition) is 1. The summed E-state index contributed by atoms with van der Waals surface area (Å²) in [4.78, 5) is 14.5. The molecule has 0 bridgehead atoms. The van der Waals surface area contributed by atoms with E-state index in [0.29, 0.717) is 6.54 Å². The third-order valence-corrected chi connectivity index (χ3v) is 4.59. The van der Waals surface area contributed by atoms with Crippen molar-refractivity contribution in [3.63, 3.8) is 0 Å². The van der Waals surface area contributed by atoms with Gasteiger partial charge in [0.2, 0.25) is 5.91 Å². The Morgan fingerprint density at radius 1 is 1.18 bits per heavy atom. The smallest absolute Gasteiger partial charge is 0.223 e. The van der Waals surface area contributed by atoms with Crippen molar-refractivity contribution < 1.29 is 4.79 Å². The van der Waals surface area contributed by atoms with E-state index in [0.717, 1.165) is 38.3 Å². The van der Waals surface area contributed by atoms with E-state index < -0.39 is 0 Å². The van der Waals surface area contributed by atoms with Crippen molar-refractivity contribution in [2.75, 3.05) is 20.1 Å². The van der Waals surface area contributed by atoms with Gasteiger partial charge in [0, 0.05) is 12.5 Å². The van der Waals surface area contributed by atoms with Gasteiger partial charge < -0.3 is 10.2 Å². The van der Waals surface area contributed by atoms with E-state index in [4.69, 9.17) is 0 Å². The molecule has 0 unspecified atom stereocenters. The van der Waals surface area contributed by atoms with Crippen molar-refractivity contribution in [1.82, 2.24) is 10.2 Å². The molecule has 1 aromatic rings. The SMILES string of the molecule is CC(C)CCc1ccc(CNC(=O)C2CCN(C)CC2)cc1. The molecular formula is C19H30N2O. The lowest BCUT2D eigenvalue weighted by Crippen LogP contribution is -2.38. The minimum absolute atomic E-state index is 0.196. The molecule has 1 aliphatic heterocycles. The largest absolute Gasteiger partial charge is 0.352 e. The second-order valence-corrected chi connectivity index (χ2v) is 7.04.